The Hall–Kier alpha value is -1.37. The Labute approximate surface area is 102 Å². The highest BCUT2D eigenvalue weighted by molar-refractivity contribution is 7.90. The van der Waals surface area contributed by atoms with E-state index in [1.54, 1.807) is 24.3 Å². The molecule has 0 aliphatic carbocycles. The highest BCUT2D eigenvalue weighted by Gasteiger charge is 2.08. The van der Waals surface area contributed by atoms with Crippen LogP contribution in [-0.2, 0) is 9.84 Å². The minimum Gasteiger partial charge on any atom is -0.369 e. The highest BCUT2D eigenvalue weighted by atomic mass is 32.2. The summed E-state index contributed by atoms with van der Waals surface area (Å²) in [4.78, 5) is 10.1. The van der Waals surface area contributed by atoms with E-state index in [9.17, 15) is 8.42 Å². The second-order valence-corrected chi connectivity index (χ2v) is 6.10. The first-order valence-electron chi connectivity index (χ1n) is 5.37. The van der Waals surface area contributed by atoms with Crippen LogP contribution in [-0.4, -0.2) is 50.5 Å². The normalized spacial score (nSPS) is 11.2. The van der Waals surface area contributed by atoms with E-state index in [4.69, 9.17) is 0 Å². The summed E-state index contributed by atoms with van der Waals surface area (Å²) in [5.41, 5.74) is 0. The molecule has 0 spiro atoms. The molecule has 0 bridgehead atoms. The summed E-state index contributed by atoms with van der Waals surface area (Å²) in [5, 5.41) is 3.06. The third-order valence-electron chi connectivity index (χ3n) is 2.17. The minimum absolute atomic E-state index is 0.108. The van der Waals surface area contributed by atoms with Crippen molar-refractivity contribution in [2.75, 3.05) is 42.4 Å². The molecule has 0 fully saturated rings. The number of hydrogen-bond donors (Lipinski definition) is 1. The molecule has 0 amide bonds. The third-order valence-corrected chi connectivity index (χ3v) is 3.09. The number of nitrogens with zero attached hydrogens (tertiary/aromatic N) is 3. The molecule has 0 saturated heterocycles. The van der Waals surface area contributed by atoms with Crippen LogP contribution in [0.5, 0.6) is 0 Å². The smallest absolute Gasteiger partial charge is 0.149 e. The summed E-state index contributed by atoms with van der Waals surface area (Å²) >= 11 is 0. The Morgan fingerprint density at radius 1 is 1.41 bits per heavy atom. The number of sulfone groups is 1. The number of nitrogens with one attached hydrogen (secondary N) is 1. The van der Waals surface area contributed by atoms with Crippen molar-refractivity contribution in [1.29, 1.82) is 0 Å². The van der Waals surface area contributed by atoms with E-state index < -0.39 is 9.84 Å². The standard InChI is InChI=1S/C10H18N4O2S/c1-4-12-9-7-11-8-10(13-9)14(2)5-6-17(3,15)16/h7-8H,4-6H2,1-3H3,(H,12,13). The molecular weight excluding hydrogens is 240 g/mol. The van der Waals surface area contributed by atoms with Gasteiger partial charge in [0, 0.05) is 26.4 Å². The summed E-state index contributed by atoms with van der Waals surface area (Å²) in [7, 11) is -1.16. The van der Waals surface area contributed by atoms with Gasteiger partial charge in [-0.05, 0) is 6.92 Å². The maximum atomic E-state index is 11.1. The molecule has 0 radical (unpaired) electrons. The van der Waals surface area contributed by atoms with Crippen molar-refractivity contribution in [1.82, 2.24) is 9.97 Å². The van der Waals surface area contributed by atoms with E-state index >= 15 is 0 Å². The number of aromatic nitrogens is 2. The van der Waals surface area contributed by atoms with Gasteiger partial charge in [0.1, 0.15) is 21.5 Å². The van der Waals surface area contributed by atoms with E-state index in [1.165, 1.54) is 6.26 Å². The van der Waals surface area contributed by atoms with Crippen LogP contribution in [0.4, 0.5) is 11.6 Å². The molecule has 1 rings (SSSR count). The van der Waals surface area contributed by atoms with E-state index in [1.807, 2.05) is 6.92 Å². The van der Waals surface area contributed by atoms with Gasteiger partial charge in [-0.25, -0.2) is 13.4 Å². The van der Waals surface area contributed by atoms with Crippen LogP contribution in [0.2, 0.25) is 0 Å². The largest absolute Gasteiger partial charge is 0.369 e. The van der Waals surface area contributed by atoms with Gasteiger partial charge in [-0.3, -0.25) is 4.98 Å². The van der Waals surface area contributed by atoms with E-state index in [0.717, 1.165) is 6.54 Å². The van der Waals surface area contributed by atoms with Gasteiger partial charge >= 0.3 is 0 Å². The van der Waals surface area contributed by atoms with Crippen molar-refractivity contribution in [3.63, 3.8) is 0 Å². The number of rotatable bonds is 6. The SMILES string of the molecule is CCNc1cncc(N(C)CCS(C)(=O)=O)n1. The maximum absolute atomic E-state index is 11.1. The molecule has 7 heteroatoms. The Morgan fingerprint density at radius 3 is 2.71 bits per heavy atom. The summed E-state index contributed by atoms with van der Waals surface area (Å²) < 4.78 is 22.1. The fourth-order valence-corrected chi connectivity index (χ4v) is 1.83. The molecule has 96 valence electrons. The van der Waals surface area contributed by atoms with Gasteiger partial charge in [-0.15, -0.1) is 0 Å². The van der Waals surface area contributed by atoms with E-state index in [-0.39, 0.29) is 5.75 Å². The summed E-state index contributed by atoms with van der Waals surface area (Å²) in [5.74, 6) is 1.46. The first-order chi connectivity index (χ1) is 7.92. The zero-order valence-electron chi connectivity index (χ0n) is 10.3. The number of anilines is 2. The quantitative estimate of drug-likeness (QED) is 0.795. The molecule has 0 unspecified atom stereocenters. The van der Waals surface area contributed by atoms with Crippen molar-refractivity contribution in [2.45, 2.75) is 6.92 Å². The Kier molecular flexibility index (Phi) is 4.68. The Balaban J connectivity index is 2.68. The molecule has 1 heterocycles. The fraction of sp³-hybridized carbons (Fsp3) is 0.600. The average Bonchev–Trinajstić information content (AvgIpc) is 2.26. The van der Waals surface area contributed by atoms with Crippen LogP contribution >= 0.6 is 0 Å². The zero-order chi connectivity index (χ0) is 12.9. The topological polar surface area (TPSA) is 75.2 Å². The Bertz CT molecular complexity index is 461. The van der Waals surface area contributed by atoms with Gasteiger partial charge in [0.05, 0.1) is 18.1 Å². The van der Waals surface area contributed by atoms with Crippen LogP contribution < -0.4 is 10.2 Å². The van der Waals surface area contributed by atoms with Crippen LogP contribution in [0, 0.1) is 0 Å². The van der Waals surface area contributed by atoms with Crippen molar-refractivity contribution >= 4 is 21.5 Å². The molecule has 0 aliphatic rings. The molecule has 0 aromatic carbocycles. The van der Waals surface area contributed by atoms with Gasteiger partial charge in [-0.1, -0.05) is 0 Å². The lowest BCUT2D eigenvalue weighted by molar-refractivity contribution is 0.601. The minimum atomic E-state index is -2.95. The van der Waals surface area contributed by atoms with Gasteiger partial charge in [0.2, 0.25) is 0 Å². The Morgan fingerprint density at radius 2 is 2.12 bits per heavy atom. The monoisotopic (exact) mass is 258 g/mol. The van der Waals surface area contributed by atoms with Crippen LogP contribution in [0.3, 0.4) is 0 Å². The van der Waals surface area contributed by atoms with Crippen LogP contribution in [0.1, 0.15) is 6.92 Å². The molecule has 17 heavy (non-hydrogen) atoms. The van der Waals surface area contributed by atoms with E-state index in [0.29, 0.717) is 18.2 Å². The first-order valence-corrected chi connectivity index (χ1v) is 7.43. The molecule has 6 nitrogen and oxygen atoms in total. The van der Waals surface area contributed by atoms with Gasteiger partial charge in [0.25, 0.3) is 0 Å². The maximum Gasteiger partial charge on any atom is 0.149 e. The summed E-state index contributed by atoms with van der Waals surface area (Å²) in [6, 6.07) is 0. The molecule has 0 aliphatic heterocycles. The second kappa shape index (κ2) is 5.81. The van der Waals surface area contributed by atoms with Crippen LogP contribution in [0.25, 0.3) is 0 Å². The predicted octanol–water partition coefficient (Wildman–Crippen LogP) is 0.389. The number of hydrogen-bond acceptors (Lipinski definition) is 6. The lowest BCUT2D eigenvalue weighted by Gasteiger charge is -2.17. The average molecular weight is 258 g/mol. The van der Waals surface area contributed by atoms with Gasteiger partial charge < -0.3 is 10.2 Å². The summed E-state index contributed by atoms with van der Waals surface area (Å²) in [6.45, 7) is 3.15. The highest BCUT2D eigenvalue weighted by Crippen LogP contribution is 2.10. The predicted molar refractivity (Wildman–Crippen MR) is 69.2 cm³/mol. The van der Waals surface area contributed by atoms with Gasteiger partial charge in [-0.2, -0.15) is 0 Å². The molecule has 0 saturated carbocycles. The first kappa shape index (κ1) is 13.7. The summed E-state index contributed by atoms with van der Waals surface area (Å²) in [6.07, 6.45) is 4.47. The molecular formula is C10H18N4O2S. The molecule has 1 aromatic heterocycles. The fourth-order valence-electron chi connectivity index (χ4n) is 1.22. The second-order valence-electron chi connectivity index (χ2n) is 3.84. The molecule has 1 aromatic rings. The van der Waals surface area contributed by atoms with Crippen LogP contribution in [0.15, 0.2) is 12.4 Å². The third kappa shape index (κ3) is 4.99. The molecule has 0 atom stereocenters. The molecule has 1 N–H and O–H groups in total. The van der Waals surface area contributed by atoms with Crippen molar-refractivity contribution in [3.8, 4) is 0 Å². The lowest BCUT2D eigenvalue weighted by Crippen LogP contribution is -2.26. The van der Waals surface area contributed by atoms with Gasteiger partial charge in [0.15, 0.2) is 0 Å². The lowest BCUT2D eigenvalue weighted by atomic mass is 10.5. The zero-order valence-corrected chi connectivity index (χ0v) is 11.2. The van der Waals surface area contributed by atoms with Crippen molar-refractivity contribution in [3.05, 3.63) is 12.4 Å². The van der Waals surface area contributed by atoms with Crippen molar-refractivity contribution < 1.29 is 8.42 Å². The van der Waals surface area contributed by atoms with Crippen molar-refractivity contribution in [2.24, 2.45) is 0 Å². The van der Waals surface area contributed by atoms with E-state index in [2.05, 4.69) is 15.3 Å².